The molecule has 2 N–H and O–H groups in total. The molecule has 23 heavy (non-hydrogen) atoms. The van der Waals surface area contributed by atoms with Gasteiger partial charge in [0.05, 0.1) is 19.9 Å². The molecule has 0 saturated carbocycles. The molecule has 1 heterocycles. The predicted molar refractivity (Wildman–Crippen MR) is 89.6 cm³/mol. The Balaban J connectivity index is 2.31. The summed E-state index contributed by atoms with van der Waals surface area (Å²) in [5.74, 6) is 1.49. The number of ether oxygens (including phenoxy) is 3. The van der Waals surface area contributed by atoms with Crippen LogP contribution in [-0.2, 0) is 4.74 Å². The Morgan fingerprint density at radius 3 is 2.52 bits per heavy atom. The van der Waals surface area contributed by atoms with Crippen LogP contribution in [0.2, 0.25) is 0 Å². The van der Waals surface area contributed by atoms with Crippen molar-refractivity contribution in [1.29, 1.82) is 0 Å². The minimum Gasteiger partial charge on any atom is -0.493 e. The SMILES string of the molecule is COc1cc(C2CCNC2)cc(NC(=O)OC(C)(C)C)c1OC. The summed E-state index contributed by atoms with van der Waals surface area (Å²) >= 11 is 0. The van der Waals surface area contributed by atoms with Gasteiger partial charge in [-0.3, -0.25) is 5.32 Å². The first-order chi connectivity index (χ1) is 10.8. The topological polar surface area (TPSA) is 68.8 Å². The summed E-state index contributed by atoms with van der Waals surface area (Å²) in [6.45, 7) is 7.39. The van der Waals surface area contributed by atoms with E-state index in [1.165, 1.54) is 0 Å². The summed E-state index contributed by atoms with van der Waals surface area (Å²) in [6.07, 6.45) is 0.543. The van der Waals surface area contributed by atoms with Crippen molar-refractivity contribution in [3.05, 3.63) is 17.7 Å². The maximum absolute atomic E-state index is 12.1. The van der Waals surface area contributed by atoms with Crippen LogP contribution >= 0.6 is 0 Å². The van der Waals surface area contributed by atoms with Crippen molar-refractivity contribution >= 4 is 11.8 Å². The number of benzene rings is 1. The molecule has 0 radical (unpaired) electrons. The van der Waals surface area contributed by atoms with Crippen molar-refractivity contribution in [2.45, 2.75) is 38.7 Å². The number of anilines is 1. The Labute approximate surface area is 137 Å². The second-order valence-electron chi connectivity index (χ2n) is 6.62. The summed E-state index contributed by atoms with van der Waals surface area (Å²) in [7, 11) is 3.14. The van der Waals surface area contributed by atoms with Gasteiger partial charge in [0.25, 0.3) is 0 Å². The van der Waals surface area contributed by atoms with Crippen molar-refractivity contribution in [2.75, 3.05) is 32.6 Å². The maximum Gasteiger partial charge on any atom is 0.412 e. The largest absolute Gasteiger partial charge is 0.493 e. The highest BCUT2D eigenvalue weighted by Gasteiger charge is 2.23. The first-order valence-corrected chi connectivity index (χ1v) is 7.80. The van der Waals surface area contributed by atoms with Crippen LogP contribution in [0.4, 0.5) is 10.5 Å². The van der Waals surface area contributed by atoms with Gasteiger partial charge in [0.15, 0.2) is 11.5 Å². The molecule has 1 aromatic carbocycles. The zero-order valence-corrected chi connectivity index (χ0v) is 14.5. The fraction of sp³-hybridized carbons (Fsp3) is 0.588. The van der Waals surface area contributed by atoms with Crippen LogP contribution in [0.25, 0.3) is 0 Å². The lowest BCUT2D eigenvalue weighted by Crippen LogP contribution is -2.27. The van der Waals surface area contributed by atoms with Crippen molar-refractivity contribution in [2.24, 2.45) is 0 Å². The van der Waals surface area contributed by atoms with Gasteiger partial charge in [-0.1, -0.05) is 0 Å². The molecule has 1 aliphatic heterocycles. The number of carbonyl (C=O) groups is 1. The highest BCUT2D eigenvalue weighted by Crippen LogP contribution is 2.39. The highest BCUT2D eigenvalue weighted by atomic mass is 16.6. The van der Waals surface area contributed by atoms with Crippen LogP contribution < -0.4 is 20.1 Å². The number of hydrogen-bond acceptors (Lipinski definition) is 5. The average Bonchev–Trinajstić information content (AvgIpc) is 2.98. The van der Waals surface area contributed by atoms with Crippen LogP contribution in [0.15, 0.2) is 12.1 Å². The number of carbonyl (C=O) groups excluding carboxylic acids is 1. The molecule has 1 fully saturated rings. The Morgan fingerprint density at radius 2 is 2.00 bits per heavy atom. The summed E-state index contributed by atoms with van der Waals surface area (Å²) in [6, 6.07) is 3.90. The molecule has 1 amide bonds. The Morgan fingerprint density at radius 1 is 1.26 bits per heavy atom. The Kier molecular flexibility index (Phi) is 5.36. The molecule has 6 heteroatoms. The van der Waals surface area contributed by atoms with E-state index < -0.39 is 11.7 Å². The predicted octanol–water partition coefficient (Wildman–Crippen LogP) is 3.13. The molecule has 1 aromatic rings. The van der Waals surface area contributed by atoms with Gasteiger partial charge in [-0.15, -0.1) is 0 Å². The van der Waals surface area contributed by atoms with E-state index in [4.69, 9.17) is 14.2 Å². The van der Waals surface area contributed by atoms with Crippen LogP contribution in [0.5, 0.6) is 11.5 Å². The molecule has 6 nitrogen and oxygen atoms in total. The van der Waals surface area contributed by atoms with Crippen molar-refractivity contribution < 1.29 is 19.0 Å². The lowest BCUT2D eigenvalue weighted by Gasteiger charge is -2.22. The smallest absolute Gasteiger partial charge is 0.412 e. The molecular weight excluding hydrogens is 296 g/mol. The lowest BCUT2D eigenvalue weighted by atomic mass is 9.97. The first-order valence-electron chi connectivity index (χ1n) is 7.80. The van der Waals surface area contributed by atoms with Crippen molar-refractivity contribution in [1.82, 2.24) is 5.32 Å². The summed E-state index contributed by atoms with van der Waals surface area (Å²) in [5, 5.41) is 6.11. The number of nitrogens with one attached hydrogen (secondary N) is 2. The molecule has 1 unspecified atom stereocenters. The zero-order valence-electron chi connectivity index (χ0n) is 14.5. The molecular formula is C17H26N2O4. The molecule has 1 atom stereocenters. The van der Waals surface area contributed by atoms with Gasteiger partial charge in [0.1, 0.15) is 5.60 Å². The van der Waals surface area contributed by atoms with E-state index in [1.54, 1.807) is 14.2 Å². The van der Waals surface area contributed by atoms with E-state index >= 15 is 0 Å². The summed E-state index contributed by atoms with van der Waals surface area (Å²) < 4.78 is 16.1. The van der Waals surface area contributed by atoms with Crippen molar-refractivity contribution in [3.8, 4) is 11.5 Å². The van der Waals surface area contributed by atoms with E-state index in [2.05, 4.69) is 10.6 Å². The maximum atomic E-state index is 12.1. The minimum absolute atomic E-state index is 0.397. The van der Waals surface area contributed by atoms with E-state index in [1.807, 2.05) is 32.9 Å². The zero-order chi connectivity index (χ0) is 17.0. The van der Waals surface area contributed by atoms with Crippen LogP contribution in [-0.4, -0.2) is 39.0 Å². The van der Waals surface area contributed by atoms with E-state index in [9.17, 15) is 4.79 Å². The minimum atomic E-state index is -0.561. The van der Waals surface area contributed by atoms with Gasteiger partial charge in [-0.2, -0.15) is 0 Å². The second kappa shape index (κ2) is 7.08. The average molecular weight is 322 g/mol. The quantitative estimate of drug-likeness (QED) is 0.891. The highest BCUT2D eigenvalue weighted by molar-refractivity contribution is 5.88. The van der Waals surface area contributed by atoms with Gasteiger partial charge in [-0.25, -0.2) is 4.79 Å². The Hall–Kier alpha value is -1.95. The third-order valence-electron chi connectivity index (χ3n) is 3.67. The van der Waals surface area contributed by atoms with E-state index in [-0.39, 0.29) is 0 Å². The summed E-state index contributed by atoms with van der Waals surface area (Å²) in [4.78, 5) is 12.1. The van der Waals surface area contributed by atoms with Gasteiger partial charge >= 0.3 is 6.09 Å². The normalized spacial score (nSPS) is 17.7. The second-order valence-corrected chi connectivity index (χ2v) is 6.62. The number of amides is 1. The van der Waals surface area contributed by atoms with Gasteiger partial charge in [0, 0.05) is 6.54 Å². The van der Waals surface area contributed by atoms with Crippen LogP contribution in [0.1, 0.15) is 38.7 Å². The van der Waals surface area contributed by atoms with E-state index in [0.717, 1.165) is 25.1 Å². The molecule has 128 valence electrons. The monoisotopic (exact) mass is 322 g/mol. The molecule has 0 spiro atoms. The third-order valence-corrected chi connectivity index (χ3v) is 3.67. The van der Waals surface area contributed by atoms with E-state index in [0.29, 0.717) is 23.1 Å². The lowest BCUT2D eigenvalue weighted by molar-refractivity contribution is 0.0635. The molecule has 1 saturated heterocycles. The summed E-state index contributed by atoms with van der Waals surface area (Å²) in [5.41, 5.74) is 1.11. The van der Waals surface area contributed by atoms with Crippen LogP contribution in [0.3, 0.4) is 0 Å². The fourth-order valence-corrected chi connectivity index (χ4v) is 2.67. The van der Waals surface area contributed by atoms with Crippen molar-refractivity contribution in [3.63, 3.8) is 0 Å². The molecule has 2 rings (SSSR count). The van der Waals surface area contributed by atoms with Gasteiger partial charge in [0.2, 0.25) is 0 Å². The number of hydrogen-bond donors (Lipinski definition) is 2. The standard InChI is InChI=1S/C17H26N2O4/c1-17(2,3)23-16(20)19-13-8-12(11-6-7-18-10-11)9-14(21-4)15(13)22-5/h8-9,11,18H,6-7,10H2,1-5H3,(H,19,20). The molecule has 1 aliphatic rings. The fourth-order valence-electron chi connectivity index (χ4n) is 2.67. The molecule has 0 aromatic heterocycles. The number of methoxy groups -OCH3 is 2. The first kappa shape index (κ1) is 17.4. The van der Waals surface area contributed by atoms with Gasteiger partial charge < -0.3 is 19.5 Å². The Bertz CT molecular complexity index is 560. The van der Waals surface area contributed by atoms with Crippen LogP contribution in [0, 0.1) is 0 Å². The third kappa shape index (κ3) is 4.51. The van der Waals surface area contributed by atoms with Gasteiger partial charge in [-0.05, 0) is 57.4 Å². The number of rotatable bonds is 4. The molecule has 0 aliphatic carbocycles. The molecule has 0 bridgehead atoms.